The molecule has 0 aliphatic carbocycles. The Hall–Kier alpha value is -1.22. The summed E-state index contributed by atoms with van der Waals surface area (Å²) in [4.78, 5) is 2.60. The lowest BCUT2D eigenvalue weighted by atomic mass is 10.1. The fraction of sp³-hybridized carbons (Fsp3) is 0. The number of hydrogen-bond donors (Lipinski definition) is 0. The van der Waals surface area contributed by atoms with E-state index in [9.17, 15) is 0 Å². The van der Waals surface area contributed by atoms with E-state index in [-0.39, 0.29) is 0 Å². The van der Waals surface area contributed by atoms with Gasteiger partial charge in [0.2, 0.25) is 0 Å². The molecule has 0 aliphatic heterocycles. The van der Waals surface area contributed by atoms with Crippen LogP contribution in [0.1, 0.15) is 0 Å². The van der Waals surface area contributed by atoms with E-state index in [1.807, 2.05) is 28.5 Å². The average molecular weight is 290 g/mol. The van der Waals surface area contributed by atoms with E-state index in [0.717, 1.165) is 5.02 Å². The minimum absolute atomic E-state index is 0.780. The molecule has 3 rings (SSSR count). The Bertz CT molecular complexity index is 642. The molecule has 0 N–H and O–H groups in total. The third-order valence-electron chi connectivity index (χ3n) is 2.67. The fourth-order valence-electron chi connectivity index (χ4n) is 1.74. The maximum atomic E-state index is 5.91. The zero-order chi connectivity index (χ0) is 12.4. The maximum absolute atomic E-state index is 5.91. The van der Waals surface area contributed by atoms with Crippen molar-refractivity contribution in [3.05, 3.63) is 65.7 Å². The summed E-state index contributed by atoms with van der Waals surface area (Å²) in [6, 6.07) is 20.7. The Labute approximate surface area is 119 Å². The summed E-state index contributed by atoms with van der Waals surface area (Å²) in [5.41, 5.74) is 2.50. The van der Waals surface area contributed by atoms with Crippen LogP contribution in [-0.2, 0) is 0 Å². The third-order valence-corrected chi connectivity index (χ3v) is 5.40. The molecule has 0 atom stereocenters. The van der Waals surface area contributed by atoms with Crippen molar-refractivity contribution in [2.45, 2.75) is 0 Å². The van der Waals surface area contributed by atoms with Crippen molar-refractivity contribution in [2.75, 3.05) is 0 Å². The summed E-state index contributed by atoms with van der Waals surface area (Å²) in [7, 11) is 3.61. The van der Waals surface area contributed by atoms with E-state index in [1.165, 1.54) is 20.9 Å². The highest BCUT2D eigenvalue weighted by molar-refractivity contribution is 7.72. The largest absolute Gasteiger partial charge is 0.301 e. The van der Waals surface area contributed by atoms with Gasteiger partial charge < -0.3 is 0 Å². The Morgan fingerprint density at radius 3 is 2.28 bits per heavy atom. The van der Waals surface area contributed by atoms with Crippen LogP contribution in [0.15, 0.2) is 60.7 Å². The second kappa shape index (κ2) is 5.19. The lowest BCUT2D eigenvalue weighted by molar-refractivity contribution is 1.68. The third kappa shape index (κ3) is 2.46. The first kappa shape index (κ1) is 11.8. The van der Waals surface area contributed by atoms with Crippen molar-refractivity contribution in [3.8, 4) is 20.9 Å². The molecule has 3 heteroatoms. The standard InChI is InChI=1S/C15H10ClS2/c16-13-8-6-12(7-9-13)15-10-14(17-18-15)11-4-2-1-3-5-11/h1-10H/q+1. The molecule has 0 aliphatic rings. The van der Waals surface area contributed by atoms with Crippen LogP contribution in [0.4, 0.5) is 0 Å². The van der Waals surface area contributed by atoms with Crippen LogP contribution in [0, 0.1) is 0 Å². The zero-order valence-corrected chi connectivity index (χ0v) is 11.9. The van der Waals surface area contributed by atoms with Gasteiger partial charge in [-0.2, -0.15) is 0 Å². The number of rotatable bonds is 2. The first-order valence-electron chi connectivity index (χ1n) is 5.57. The summed E-state index contributed by atoms with van der Waals surface area (Å²) >= 11 is 5.91. The molecule has 0 amide bonds. The Balaban J connectivity index is 1.97. The van der Waals surface area contributed by atoms with Crippen LogP contribution in [0.2, 0.25) is 5.02 Å². The van der Waals surface area contributed by atoms with Crippen molar-refractivity contribution >= 4 is 32.3 Å². The van der Waals surface area contributed by atoms with Gasteiger partial charge in [-0.05, 0) is 29.8 Å². The van der Waals surface area contributed by atoms with E-state index in [2.05, 4.69) is 42.5 Å². The highest BCUT2D eigenvalue weighted by Crippen LogP contribution is 2.37. The van der Waals surface area contributed by atoms with Crippen molar-refractivity contribution in [1.29, 1.82) is 0 Å². The summed E-state index contributed by atoms with van der Waals surface area (Å²) in [5.74, 6) is 0. The molecule has 0 nitrogen and oxygen atoms in total. The maximum Gasteiger partial charge on any atom is 0.301 e. The summed E-state index contributed by atoms with van der Waals surface area (Å²) in [6.07, 6.45) is 0. The molecule has 0 saturated carbocycles. The Morgan fingerprint density at radius 2 is 1.56 bits per heavy atom. The van der Waals surface area contributed by atoms with Gasteiger partial charge in [-0.1, -0.05) is 41.9 Å². The Kier molecular flexibility index (Phi) is 3.41. The monoisotopic (exact) mass is 289 g/mol. The van der Waals surface area contributed by atoms with Crippen molar-refractivity contribution < 1.29 is 0 Å². The van der Waals surface area contributed by atoms with Crippen molar-refractivity contribution in [2.24, 2.45) is 0 Å². The van der Waals surface area contributed by atoms with E-state index >= 15 is 0 Å². The molecule has 3 aromatic rings. The highest BCUT2D eigenvalue weighted by Gasteiger charge is 2.16. The summed E-state index contributed by atoms with van der Waals surface area (Å²) < 4.78 is 0. The normalized spacial score (nSPS) is 10.5. The van der Waals surface area contributed by atoms with Crippen LogP contribution < -0.4 is 0 Å². The SMILES string of the molecule is Clc1ccc(-c2cc(-c3ccccc3)[s+]s2)cc1. The van der Waals surface area contributed by atoms with Gasteiger partial charge in [-0.15, -0.1) is 0 Å². The van der Waals surface area contributed by atoms with Crippen LogP contribution >= 0.6 is 32.3 Å². The number of halogens is 1. The number of benzene rings is 2. The molecule has 1 heterocycles. The molecule has 0 saturated heterocycles. The zero-order valence-electron chi connectivity index (χ0n) is 9.47. The quantitative estimate of drug-likeness (QED) is 0.396. The van der Waals surface area contributed by atoms with E-state index in [1.54, 1.807) is 10.3 Å². The molecular formula is C15H10ClS2+. The molecule has 0 spiro atoms. The molecule has 0 bridgehead atoms. The van der Waals surface area contributed by atoms with Crippen molar-refractivity contribution in [1.82, 2.24) is 0 Å². The first-order chi connectivity index (χ1) is 8.83. The van der Waals surface area contributed by atoms with Crippen LogP contribution in [0.5, 0.6) is 0 Å². The predicted molar refractivity (Wildman–Crippen MR) is 82.5 cm³/mol. The molecule has 0 unspecified atom stereocenters. The van der Waals surface area contributed by atoms with E-state index in [0.29, 0.717) is 0 Å². The molecule has 0 fully saturated rings. The number of hydrogen-bond acceptors (Lipinski definition) is 1. The van der Waals surface area contributed by atoms with Gasteiger partial charge in [0.15, 0.2) is 10.3 Å². The van der Waals surface area contributed by atoms with Crippen LogP contribution in [0.3, 0.4) is 0 Å². The van der Waals surface area contributed by atoms with Crippen LogP contribution in [0.25, 0.3) is 20.9 Å². The van der Waals surface area contributed by atoms with Gasteiger partial charge >= 0.3 is 10.3 Å². The average Bonchev–Trinajstić information content (AvgIpc) is 2.90. The van der Waals surface area contributed by atoms with Gasteiger partial charge in [0.05, 0.1) is 4.88 Å². The molecule has 0 radical (unpaired) electrons. The van der Waals surface area contributed by atoms with Gasteiger partial charge in [-0.3, -0.25) is 0 Å². The van der Waals surface area contributed by atoms with Gasteiger partial charge in [0.25, 0.3) is 4.88 Å². The molecule has 1 aromatic heterocycles. The molecule has 2 aromatic carbocycles. The topological polar surface area (TPSA) is 0 Å². The van der Waals surface area contributed by atoms with Gasteiger partial charge in [-0.25, -0.2) is 0 Å². The minimum Gasteiger partial charge on any atom is -0.0843 e. The summed E-state index contributed by atoms with van der Waals surface area (Å²) in [5, 5.41) is 0.780. The smallest absolute Gasteiger partial charge is 0.0843 e. The second-order valence-electron chi connectivity index (χ2n) is 3.91. The van der Waals surface area contributed by atoms with Gasteiger partial charge in [0, 0.05) is 16.7 Å². The lowest BCUT2D eigenvalue weighted by Crippen LogP contribution is -1.72. The summed E-state index contributed by atoms with van der Waals surface area (Å²) in [6.45, 7) is 0. The minimum atomic E-state index is 0.780. The van der Waals surface area contributed by atoms with Gasteiger partial charge in [0.1, 0.15) is 0 Å². The molecular weight excluding hydrogens is 280 g/mol. The Morgan fingerprint density at radius 1 is 0.833 bits per heavy atom. The predicted octanol–water partition coefficient (Wildman–Crippen LogP) is 6.08. The molecule has 88 valence electrons. The molecule has 18 heavy (non-hydrogen) atoms. The first-order valence-corrected chi connectivity index (χ1v) is 8.10. The lowest BCUT2D eigenvalue weighted by Gasteiger charge is -1.93. The van der Waals surface area contributed by atoms with E-state index < -0.39 is 0 Å². The second-order valence-corrected chi connectivity index (χ2v) is 6.56. The van der Waals surface area contributed by atoms with Crippen molar-refractivity contribution in [3.63, 3.8) is 0 Å². The van der Waals surface area contributed by atoms with Crippen LogP contribution in [-0.4, -0.2) is 0 Å². The highest BCUT2D eigenvalue weighted by atomic mass is 35.5. The fourth-order valence-corrected chi connectivity index (χ4v) is 4.32. The van der Waals surface area contributed by atoms with E-state index in [4.69, 9.17) is 11.6 Å².